The second-order valence-electron chi connectivity index (χ2n) is 6.93. The summed E-state index contributed by atoms with van der Waals surface area (Å²) in [7, 11) is -4.76. The van der Waals surface area contributed by atoms with Gasteiger partial charge in [0, 0.05) is 38.4 Å². The number of amides is 1. The number of morpholine rings is 1. The van der Waals surface area contributed by atoms with E-state index in [9.17, 15) is 21.6 Å². The van der Waals surface area contributed by atoms with E-state index in [-0.39, 0.29) is 52.4 Å². The first-order valence-electron chi connectivity index (χ1n) is 9.25. The molecule has 1 heterocycles. The predicted octanol–water partition coefficient (Wildman–Crippen LogP) is 1.86. The quantitative estimate of drug-likeness (QED) is 0.665. The van der Waals surface area contributed by atoms with E-state index in [4.69, 9.17) is 16.3 Å². The summed E-state index contributed by atoms with van der Waals surface area (Å²) < 4.78 is 58.0. The van der Waals surface area contributed by atoms with Gasteiger partial charge in [-0.2, -0.15) is 4.31 Å². The smallest absolute Gasteiger partial charge is 0.255 e. The van der Waals surface area contributed by atoms with E-state index in [2.05, 4.69) is 5.32 Å². The highest BCUT2D eigenvalue weighted by molar-refractivity contribution is 7.89. The number of carbonyl (C=O) groups excluding carboxylic acids is 1. The molecule has 1 fully saturated rings. The maximum atomic E-state index is 12.9. The highest BCUT2D eigenvalue weighted by atomic mass is 35.5. The number of benzene rings is 2. The van der Waals surface area contributed by atoms with Crippen LogP contribution in [0.2, 0.25) is 5.02 Å². The Kier molecular flexibility index (Phi) is 7.04. The lowest BCUT2D eigenvalue weighted by Crippen LogP contribution is -2.40. The molecule has 0 bridgehead atoms. The first-order chi connectivity index (χ1) is 14.5. The van der Waals surface area contributed by atoms with E-state index in [0.29, 0.717) is 0 Å². The van der Waals surface area contributed by atoms with Gasteiger partial charge in [0.25, 0.3) is 5.91 Å². The monoisotopic (exact) mass is 487 g/mol. The lowest BCUT2D eigenvalue weighted by atomic mass is 10.2. The van der Waals surface area contributed by atoms with Crippen molar-refractivity contribution in [2.75, 3.05) is 45.7 Å². The summed E-state index contributed by atoms with van der Waals surface area (Å²) in [5.41, 5.74) is 0.317. The van der Waals surface area contributed by atoms with Gasteiger partial charge in [0.15, 0.2) is 0 Å². The van der Waals surface area contributed by atoms with Crippen LogP contribution >= 0.6 is 11.6 Å². The molecule has 31 heavy (non-hydrogen) atoms. The largest absolute Gasteiger partial charge is 0.379 e. The zero-order valence-corrected chi connectivity index (χ0v) is 19.3. The molecule has 9 nitrogen and oxygen atoms in total. The molecule has 1 saturated heterocycles. The van der Waals surface area contributed by atoms with Crippen molar-refractivity contribution >= 4 is 43.2 Å². The molecule has 1 aliphatic heterocycles. The van der Waals surface area contributed by atoms with Crippen molar-refractivity contribution < 1.29 is 26.4 Å². The third-order valence-electron chi connectivity index (χ3n) is 4.65. The van der Waals surface area contributed by atoms with E-state index in [1.54, 1.807) is 0 Å². The van der Waals surface area contributed by atoms with Crippen LogP contribution in [0.5, 0.6) is 0 Å². The lowest BCUT2D eigenvalue weighted by Gasteiger charge is -2.26. The Labute approximate surface area is 186 Å². The van der Waals surface area contributed by atoms with Crippen molar-refractivity contribution in [3.05, 3.63) is 53.1 Å². The Hall–Kier alpha value is -2.02. The minimum Gasteiger partial charge on any atom is -0.379 e. The molecule has 1 N–H and O–H groups in total. The van der Waals surface area contributed by atoms with Gasteiger partial charge in [-0.3, -0.25) is 4.79 Å². The Morgan fingerprint density at radius 1 is 1.06 bits per heavy atom. The lowest BCUT2D eigenvalue weighted by molar-refractivity contribution is 0.0730. The van der Waals surface area contributed by atoms with Gasteiger partial charge in [0.05, 0.1) is 23.1 Å². The fourth-order valence-electron chi connectivity index (χ4n) is 2.92. The van der Waals surface area contributed by atoms with Crippen LogP contribution in [0.15, 0.2) is 52.3 Å². The SMILES string of the molecule is CN(C)S(=O)(=O)c1cccc(NC(=O)c2ccc(Cl)c(S(=O)(=O)N3CCOCC3)c2)c1. The molecule has 0 aliphatic carbocycles. The molecule has 3 rings (SSSR count). The van der Waals surface area contributed by atoms with Gasteiger partial charge in [0.2, 0.25) is 20.0 Å². The number of sulfonamides is 2. The third kappa shape index (κ3) is 5.08. The van der Waals surface area contributed by atoms with Gasteiger partial charge in [-0.15, -0.1) is 0 Å². The zero-order chi connectivity index (χ0) is 22.8. The van der Waals surface area contributed by atoms with Crippen LogP contribution in [0, 0.1) is 0 Å². The second kappa shape index (κ2) is 9.23. The Balaban J connectivity index is 1.88. The van der Waals surface area contributed by atoms with Crippen LogP contribution in [0.4, 0.5) is 5.69 Å². The van der Waals surface area contributed by atoms with Gasteiger partial charge < -0.3 is 10.1 Å². The van der Waals surface area contributed by atoms with Crippen molar-refractivity contribution in [3.63, 3.8) is 0 Å². The van der Waals surface area contributed by atoms with Crippen LogP contribution < -0.4 is 5.32 Å². The summed E-state index contributed by atoms with van der Waals surface area (Å²) >= 11 is 6.13. The average Bonchev–Trinajstić information content (AvgIpc) is 2.74. The second-order valence-corrected chi connectivity index (χ2v) is 11.4. The first kappa shape index (κ1) is 23.6. The molecule has 2 aromatic rings. The number of rotatable bonds is 6. The maximum absolute atomic E-state index is 12.9. The molecule has 1 aliphatic rings. The first-order valence-corrected chi connectivity index (χ1v) is 12.5. The van der Waals surface area contributed by atoms with E-state index < -0.39 is 26.0 Å². The minimum absolute atomic E-state index is 0.00196. The van der Waals surface area contributed by atoms with Crippen LogP contribution in [-0.2, 0) is 24.8 Å². The molecule has 0 atom stereocenters. The number of hydrogen-bond donors (Lipinski definition) is 1. The topological polar surface area (TPSA) is 113 Å². The fourth-order valence-corrected chi connectivity index (χ4v) is 5.77. The summed E-state index contributed by atoms with van der Waals surface area (Å²) in [5.74, 6) is -0.602. The number of nitrogens with one attached hydrogen (secondary N) is 1. The molecule has 12 heteroatoms. The molecular formula is C19H22ClN3O6S2. The molecule has 0 saturated carbocycles. The maximum Gasteiger partial charge on any atom is 0.255 e. The van der Waals surface area contributed by atoms with E-state index >= 15 is 0 Å². The van der Waals surface area contributed by atoms with Crippen LogP contribution in [-0.4, -0.2) is 71.8 Å². The zero-order valence-electron chi connectivity index (χ0n) is 16.9. The van der Waals surface area contributed by atoms with Crippen molar-refractivity contribution in [2.45, 2.75) is 9.79 Å². The summed E-state index contributed by atoms with van der Waals surface area (Å²) in [6, 6.07) is 9.74. The highest BCUT2D eigenvalue weighted by Crippen LogP contribution is 2.27. The Morgan fingerprint density at radius 3 is 2.39 bits per heavy atom. The summed E-state index contributed by atoms with van der Waals surface area (Å²) in [6.07, 6.45) is 0. The van der Waals surface area contributed by atoms with Gasteiger partial charge in [-0.1, -0.05) is 17.7 Å². The van der Waals surface area contributed by atoms with Gasteiger partial charge >= 0.3 is 0 Å². The highest BCUT2D eigenvalue weighted by Gasteiger charge is 2.29. The Bertz CT molecular complexity index is 1190. The van der Waals surface area contributed by atoms with Crippen LogP contribution in [0.1, 0.15) is 10.4 Å². The molecule has 2 aromatic carbocycles. The van der Waals surface area contributed by atoms with E-state index in [0.717, 1.165) is 4.31 Å². The van der Waals surface area contributed by atoms with Crippen LogP contribution in [0.3, 0.4) is 0 Å². The fraction of sp³-hybridized carbons (Fsp3) is 0.316. The molecule has 0 spiro atoms. The number of hydrogen-bond acceptors (Lipinski definition) is 6. The minimum atomic E-state index is -3.90. The predicted molar refractivity (Wildman–Crippen MR) is 116 cm³/mol. The molecule has 0 aromatic heterocycles. The van der Waals surface area contributed by atoms with E-state index in [1.165, 1.54) is 60.9 Å². The standard InChI is InChI=1S/C19H22ClN3O6S2/c1-22(2)30(25,26)16-5-3-4-15(13-16)21-19(24)14-6-7-17(20)18(12-14)31(27,28)23-8-10-29-11-9-23/h3-7,12-13H,8-11H2,1-2H3,(H,21,24). The molecule has 0 unspecified atom stereocenters. The molecule has 0 radical (unpaired) electrons. The molecule has 168 valence electrons. The van der Waals surface area contributed by atoms with Crippen LogP contribution in [0.25, 0.3) is 0 Å². The number of nitrogens with zero attached hydrogens (tertiary/aromatic N) is 2. The number of ether oxygens (including phenoxy) is 1. The average molecular weight is 488 g/mol. The van der Waals surface area contributed by atoms with Gasteiger partial charge in [0.1, 0.15) is 4.90 Å². The summed E-state index contributed by atoms with van der Waals surface area (Å²) in [6.45, 7) is 0.955. The Morgan fingerprint density at radius 2 is 1.74 bits per heavy atom. The van der Waals surface area contributed by atoms with Crippen molar-refractivity contribution in [1.82, 2.24) is 8.61 Å². The van der Waals surface area contributed by atoms with Crippen molar-refractivity contribution in [3.8, 4) is 0 Å². The number of halogens is 1. The summed E-state index contributed by atoms with van der Waals surface area (Å²) in [4.78, 5) is 12.6. The van der Waals surface area contributed by atoms with Gasteiger partial charge in [-0.05, 0) is 36.4 Å². The normalized spacial score (nSPS) is 15.7. The molecular weight excluding hydrogens is 466 g/mol. The van der Waals surface area contributed by atoms with Crippen molar-refractivity contribution in [2.24, 2.45) is 0 Å². The summed E-state index contributed by atoms with van der Waals surface area (Å²) in [5, 5.41) is 2.60. The number of anilines is 1. The van der Waals surface area contributed by atoms with E-state index in [1.807, 2.05) is 0 Å². The van der Waals surface area contributed by atoms with Gasteiger partial charge in [-0.25, -0.2) is 21.1 Å². The number of carbonyl (C=O) groups is 1. The molecule has 1 amide bonds. The third-order valence-corrected chi connectivity index (χ3v) is 8.84. The van der Waals surface area contributed by atoms with Crippen molar-refractivity contribution in [1.29, 1.82) is 0 Å².